The zero-order chi connectivity index (χ0) is 17.5. The van der Waals surface area contributed by atoms with Crippen LogP contribution in [0.15, 0.2) is 64.1 Å². The van der Waals surface area contributed by atoms with Crippen LogP contribution in [0, 0.1) is 0 Å². The van der Waals surface area contributed by atoms with E-state index in [-0.39, 0.29) is 5.91 Å². The Balaban J connectivity index is 1.63. The Morgan fingerprint density at radius 1 is 1.08 bits per heavy atom. The second-order valence-corrected chi connectivity index (χ2v) is 7.63. The highest BCUT2D eigenvalue weighted by molar-refractivity contribution is 9.10. The summed E-state index contributed by atoms with van der Waals surface area (Å²) in [6.45, 7) is 2.01. The molecule has 3 rings (SSSR count). The van der Waals surface area contributed by atoms with E-state index in [9.17, 15) is 4.79 Å². The third-order valence-corrected chi connectivity index (χ3v) is 5.36. The summed E-state index contributed by atoms with van der Waals surface area (Å²) in [5.74, 6) is 0.324. The number of aliphatic imine (C=N–C) groups is 1. The Hall–Kier alpha value is -1.79. The molecule has 0 bridgehead atoms. The molecule has 0 atom stereocenters. The van der Waals surface area contributed by atoms with E-state index >= 15 is 0 Å². The van der Waals surface area contributed by atoms with Crippen molar-refractivity contribution in [3.8, 4) is 0 Å². The first-order valence-corrected chi connectivity index (χ1v) is 10.1. The average Bonchev–Trinajstić information content (AvgIpc) is 3.16. The summed E-state index contributed by atoms with van der Waals surface area (Å²) in [7, 11) is 0. The van der Waals surface area contributed by atoms with Crippen molar-refractivity contribution in [3.05, 3.63) is 59.1 Å². The van der Waals surface area contributed by atoms with Crippen LogP contribution in [0.5, 0.6) is 0 Å². The van der Waals surface area contributed by atoms with Crippen LogP contribution < -0.4 is 5.32 Å². The number of likely N-dealkylation sites (tertiary alicyclic amines) is 1. The van der Waals surface area contributed by atoms with Gasteiger partial charge in [0.2, 0.25) is 5.91 Å². The van der Waals surface area contributed by atoms with Gasteiger partial charge in [0.15, 0.2) is 5.17 Å². The van der Waals surface area contributed by atoms with Crippen molar-refractivity contribution in [2.24, 2.45) is 4.99 Å². The van der Waals surface area contributed by atoms with Crippen molar-refractivity contribution in [2.45, 2.75) is 12.8 Å². The smallest absolute Gasteiger partial charge is 0.234 e. The molecule has 25 heavy (non-hydrogen) atoms. The number of nitrogens with zero attached hydrogens (tertiary/aromatic N) is 2. The maximum atomic E-state index is 12.3. The van der Waals surface area contributed by atoms with E-state index in [1.54, 1.807) is 0 Å². The van der Waals surface area contributed by atoms with Crippen LogP contribution in [-0.2, 0) is 4.79 Å². The van der Waals surface area contributed by atoms with Crippen LogP contribution in [0.4, 0.5) is 11.4 Å². The lowest BCUT2D eigenvalue weighted by Crippen LogP contribution is -2.27. The number of benzene rings is 2. The number of amides is 1. The van der Waals surface area contributed by atoms with Crippen LogP contribution in [0.2, 0.25) is 0 Å². The minimum Gasteiger partial charge on any atom is -0.351 e. The summed E-state index contributed by atoms with van der Waals surface area (Å²) in [4.78, 5) is 19.3. The van der Waals surface area contributed by atoms with Gasteiger partial charge < -0.3 is 10.2 Å². The van der Waals surface area contributed by atoms with Crippen LogP contribution in [0.3, 0.4) is 0 Å². The van der Waals surface area contributed by atoms with Crippen LogP contribution in [0.25, 0.3) is 0 Å². The van der Waals surface area contributed by atoms with Crippen molar-refractivity contribution >= 4 is 50.1 Å². The highest BCUT2D eigenvalue weighted by Crippen LogP contribution is 2.21. The monoisotopic (exact) mass is 417 g/mol. The molecule has 0 saturated carbocycles. The molecule has 6 heteroatoms. The molecule has 0 aromatic heterocycles. The quantitative estimate of drug-likeness (QED) is 0.567. The fourth-order valence-electron chi connectivity index (χ4n) is 2.58. The molecule has 1 aliphatic heterocycles. The number of carbonyl (C=O) groups excluding carboxylic acids is 1. The summed E-state index contributed by atoms with van der Waals surface area (Å²) in [5.41, 5.74) is 1.72. The van der Waals surface area contributed by atoms with Crippen molar-refractivity contribution in [1.82, 2.24) is 4.90 Å². The van der Waals surface area contributed by atoms with Crippen molar-refractivity contribution in [2.75, 3.05) is 24.2 Å². The molecule has 1 saturated heterocycles. The molecule has 1 aliphatic rings. The molecular weight excluding hydrogens is 398 g/mol. The number of rotatable bonds is 4. The van der Waals surface area contributed by atoms with E-state index in [1.807, 2.05) is 54.6 Å². The Bertz CT molecular complexity index is 728. The summed E-state index contributed by atoms with van der Waals surface area (Å²) >= 11 is 4.89. The molecule has 1 amide bonds. The van der Waals surface area contributed by atoms with Crippen LogP contribution >= 0.6 is 27.7 Å². The van der Waals surface area contributed by atoms with Crippen molar-refractivity contribution < 1.29 is 4.79 Å². The molecule has 2 aromatic rings. The van der Waals surface area contributed by atoms with Gasteiger partial charge in [-0.3, -0.25) is 4.79 Å². The molecule has 4 nitrogen and oxygen atoms in total. The number of amidine groups is 1. The first kappa shape index (κ1) is 18.0. The molecular formula is C19H20BrN3OS. The minimum absolute atomic E-state index is 0.0210. The van der Waals surface area contributed by atoms with E-state index in [4.69, 9.17) is 4.99 Å². The van der Waals surface area contributed by atoms with Gasteiger partial charge in [0.25, 0.3) is 0 Å². The average molecular weight is 418 g/mol. The van der Waals surface area contributed by atoms with E-state index in [1.165, 1.54) is 24.6 Å². The molecule has 2 aromatic carbocycles. The number of anilines is 1. The highest BCUT2D eigenvalue weighted by Gasteiger charge is 2.18. The SMILES string of the molecule is O=C(CSC(=Nc1ccccc1)N1CCCC1)Nc1ccc(Br)cc1. The van der Waals surface area contributed by atoms with E-state index in [2.05, 4.69) is 26.1 Å². The first-order chi connectivity index (χ1) is 12.2. The summed E-state index contributed by atoms with van der Waals surface area (Å²) < 4.78 is 0.992. The zero-order valence-electron chi connectivity index (χ0n) is 13.8. The number of para-hydroxylation sites is 1. The number of thioether (sulfide) groups is 1. The second kappa shape index (κ2) is 9.06. The Kier molecular flexibility index (Phi) is 6.53. The number of carbonyl (C=O) groups is 1. The molecule has 1 N–H and O–H groups in total. The van der Waals surface area contributed by atoms with Gasteiger partial charge in [0.1, 0.15) is 0 Å². The summed E-state index contributed by atoms with van der Waals surface area (Å²) in [5, 5.41) is 3.85. The van der Waals surface area contributed by atoms with Crippen molar-refractivity contribution in [1.29, 1.82) is 0 Å². The van der Waals surface area contributed by atoms with Crippen molar-refractivity contribution in [3.63, 3.8) is 0 Å². The predicted octanol–water partition coefficient (Wildman–Crippen LogP) is 4.90. The van der Waals surface area contributed by atoms with Gasteiger partial charge in [-0.05, 0) is 49.2 Å². The Labute approximate surface area is 160 Å². The van der Waals surface area contributed by atoms with Crippen LogP contribution in [-0.4, -0.2) is 34.8 Å². The van der Waals surface area contributed by atoms with Gasteiger partial charge in [0.05, 0.1) is 11.4 Å². The maximum absolute atomic E-state index is 12.3. The summed E-state index contributed by atoms with van der Waals surface area (Å²) in [6.07, 6.45) is 2.36. The third kappa shape index (κ3) is 5.61. The maximum Gasteiger partial charge on any atom is 0.234 e. The molecule has 0 unspecified atom stereocenters. The number of halogens is 1. The highest BCUT2D eigenvalue weighted by atomic mass is 79.9. The zero-order valence-corrected chi connectivity index (χ0v) is 16.2. The lowest BCUT2D eigenvalue weighted by molar-refractivity contribution is -0.113. The summed E-state index contributed by atoms with van der Waals surface area (Å²) in [6, 6.07) is 17.5. The lowest BCUT2D eigenvalue weighted by Gasteiger charge is -2.19. The second-order valence-electron chi connectivity index (χ2n) is 5.77. The largest absolute Gasteiger partial charge is 0.351 e. The fraction of sp³-hybridized carbons (Fsp3) is 0.263. The number of hydrogen-bond acceptors (Lipinski definition) is 3. The van der Waals surface area contributed by atoms with Gasteiger partial charge in [-0.2, -0.15) is 0 Å². The van der Waals surface area contributed by atoms with E-state index in [0.29, 0.717) is 5.75 Å². The number of nitrogens with one attached hydrogen (secondary N) is 1. The molecule has 130 valence electrons. The number of hydrogen-bond donors (Lipinski definition) is 1. The minimum atomic E-state index is -0.0210. The third-order valence-electron chi connectivity index (χ3n) is 3.82. The van der Waals surface area contributed by atoms with Gasteiger partial charge in [-0.25, -0.2) is 4.99 Å². The lowest BCUT2D eigenvalue weighted by atomic mass is 10.3. The molecule has 0 spiro atoms. The molecule has 0 radical (unpaired) electrons. The van der Waals surface area contributed by atoms with Gasteiger partial charge in [0, 0.05) is 23.2 Å². The van der Waals surface area contributed by atoms with E-state index < -0.39 is 0 Å². The Morgan fingerprint density at radius 3 is 2.44 bits per heavy atom. The fourth-order valence-corrected chi connectivity index (χ4v) is 3.71. The molecule has 1 heterocycles. The molecule has 1 fully saturated rings. The molecule has 0 aliphatic carbocycles. The van der Waals surface area contributed by atoms with Gasteiger partial charge in [-0.1, -0.05) is 45.9 Å². The topological polar surface area (TPSA) is 44.7 Å². The standard InChI is InChI=1S/C19H20BrN3OS/c20-15-8-10-17(11-9-15)21-18(24)14-25-19(23-12-4-5-13-23)22-16-6-2-1-3-7-16/h1-3,6-11H,4-5,12-14H2,(H,21,24). The normalized spacial score (nSPS) is 14.6. The van der Waals surface area contributed by atoms with Gasteiger partial charge >= 0.3 is 0 Å². The Morgan fingerprint density at radius 2 is 1.76 bits per heavy atom. The van der Waals surface area contributed by atoms with Crippen LogP contribution in [0.1, 0.15) is 12.8 Å². The van der Waals surface area contributed by atoms with Gasteiger partial charge in [-0.15, -0.1) is 0 Å². The predicted molar refractivity (Wildman–Crippen MR) is 110 cm³/mol. The first-order valence-electron chi connectivity index (χ1n) is 8.27. The van der Waals surface area contributed by atoms with E-state index in [0.717, 1.165) is 34.1 Å².